The molecule has 23 heavy (non-hydrogen) atoms. The summed E-state index contributed by atoms with van der Waals surface area (Å²) in [4.78, 5) is 25.4. The van der Waals surface area contributed by atoms with Crippen molar-refractivity contribution in [2.45, 2.75) is 0 Å². The van der Waals surface area contributed by atoms with Crippen LogP contribution in [0.5, 0.6) is 0 Å². The van der Waals surface area contributed by atoms with Crippen LogP contribution in [0.1, 0.15) is 0 Å². The lowest BCUT2D eigenvalue weighted by molar-refractivity contribution is -0.140. The number of nitrogens with zero attached hydrogens (tertiary/aromatic N) is 1. The molecule has 0 saturated heterocycles. The van der Waals surface area contributed by atoms with Crippen molar-refractivity contribution in [3.8, 4) is 0 Å². The number of carbonyl (C=O) groups excluding carboxylic acids is 2. The fraction of sp³-hybridized carbons (Fsp3) is 0.286. The molecule has 0 spiro atoms. The lowest BCUT2D eigenvalue weighted by Crippen LogP contribution is -2.39. The Hall–Kier alpha value is -2.36. The Balaban J connectivity index is 2.53. The predicted molar refractivity (Wildman–Crippen MR) is 80.6 cm³/mol. The third-order valence-corrected chi connectivity index (χ3v) is 3.31. The Kier molecular flexibility index (Phi) is 5.38. The SMILES string of the molecule is COC(=O)C1=C(C(=O)OC)N(c2cccc(B(O)O)c2)COC1. The lowest BCUT2D eigenvalue weighted by Gasteiger charge is -2.31. The van der Waals surface area contributed by atoms with E-state index in [0.717, 1.165) is 0 Å². The number of benzene rings is 1. The van der Waals surface area contributed by atoms with E-state index in [1.165, 1.54) is 31.3 Å². The first-order valence-corrected chi connectivity index (χ1v) is 6.70. The van der Waals surface area contributed by atoms with Gasteiger partial charge in [0.2, 0.25) is 0 Å². The minimum absolute atomic E-state index is 0.00406. The van der Waals surface area contributed by atoms with E-state index in [9.17, 15) is 19.6 Å². The van der Waals surface area contributed by atoms with Crippen molar-refractivity contribution in [2.75, 3.05) is 32.5 Å². The predicted octanol–water partition coefficient (Wildman–Crippen LogP) is -1.24. The number of methoxy groups -OCH3 is 2. The molecule has 0 fully saturated rings. The largest absolute Gasteiger partial charge is 0.488 e. The van der Waals surface area contributed by atoms with Crippen LogP contribution < -0.4 is 10.4 Å². The van der Waals surface area contributed by atoms with E-state index < -0.39 is 19.1 Å². The number of hydrogen-bond acceptors (Lipinski definition) is 8. The van der Waals surface area contributed by atoms with Crippen molar-refractivity contribution in [1.82, 2.24) is 0 Å². The van der Waals surface area contributed by atoms with E-state index in [4.69, 9.17) is 9.47 Å². The Labute approximate surface area is 133 Å². The molecule has 0 unspecified atom stereocenters. The number of esters is 2. The molecule has 0 saturated carbocycles. The number of hydrogen-bond donors (Lipinski definition) is 2. The second kappa shape index (κ2) is 7.27. The molecule has 8 nitrogen and oxygen atoms in total. The van der Waals surface area contributed by atoms with Crippen LogP contribution in [0.3, 0.4) is 0 Å². The van der Waals surface area contributed by atoms with Crippen LogP contribution in [0.15, 0.2) is 35.5 Å². The molecule has 1 aromatic carbocycles. The molecule has 0 bridgehead atoms. The van der Waals surface area contributed by atoms with E-state index in [1.807, 2.05) is 0 Å². The molecule has 1 aromatic rings. The first kappa shape index (κ1) is 17.0. The van der Waals surface area contributed by atoms with Gasteiger partial charge in [-0.3, -0.25) is 0 Å². The molecule has 2 N–H and O–H groups in total. The summed E-state index contributed by atoms with van der Waals surface area (Å²) in [6.07, 6.45) is 0. The quantitative estimate of drug-likeness (QED) is 0.524. The molecule has 1 aliphatic heterocycles. The number of anilines is 1. The van der Waals surface area contributed by atoms with Crippen molar-refractivity contribution in [1.29, 1.82) is 0 Å². The monoisotopic (exact) mass is 321 g/mol. The van der Waals surface area contributed by atoms with E-state index in [1.54, 1.807) is 12.1 Å². The van der Waals surface area contributed by atoms with Crippen LogP contribution in [0, 0.1) is 0 Å². The summed E-state index contributed by atoms with van der Waals surface area (Å²) in [6.45, 7) is -0.0914. The summed E-state index contributed by atoms with van der Waals surface area (Å²) in [5, 5.41) is 18.5. The molecule has 0 atom stereocenters. The Morgan fingerprint density at radius 1 is 1.22 bits per heavy atom. The van der Waals surface area contributed by atoms with Crippen molar-refractivity contribution in [3.05, 3.63) is 35.5 Å². The van der Waals surface area contributed by atoms with Crippen molar-refractivity contribution >= 4 is 30.2 Å². The zero-order chi connectivity index (χ0) is 17.0. The van der Waals surface area contributed by atoms with E-state index in [2.05, 4.69) is 4.74 Å². The summed E-state index contributed by atoms with van der Waals surface area (Å²) >= 11 is 0. The summed E-state index contributed by atoms with van der Waals surface area (Å²) < 4.78 is 14.7. The summed E-state index contributed by atoms with van der Waals surface area (Å²) in [7, 11) is 0.740. The summed E-state index contributed by atoms with van der Waals surface area (Å²) in [5.74, 6) is -1.42. The van der Waals surface area contributed by atoms with Crippen LogP contribution >= 0.6 is 0 Å². The molecule has 0 aliphatic carbocycles. The van der Waals surface area contributed by atoms with Gasteiger partial charge in [-0.2, -0.15) is 0 Å². The second-order valence-corrected chi connectivity index (χ2v) is 4.68. The van der Waals surface area contributed by atoms with E-state index in [0.29, 0.717) is 5.69 Å². The van der Waals surface area contributed by atoms with E-state index >= 15 is 0 Å². The van der Waals surface area contributed by atoms with Gasteiger partial charge in [0.25, 0.3) is 0 Å². The average molecular weight is 321 g/mol. The van der Waals surface area contributed by atoms with Gasteiger partial charge >= 0.3 is 19.1 Å². The van der Waals surface area contributed by atoms with Crippen LogP contribution in [0.4, 0.5) is 5.69 Å². The van der Waals surface area contributed by atoms with E-state index in [-0.39, 0.29) is 30.1 Å². The van der Waals surface area contributed by atoms with Gasteiger partial charge in [0.05, 0.1) is 26.4 Å². The maximum atomic E-state index is 12.1. The molecule has 9 heteroatoms. The maximum absolute atomic E-state index is 12.1. The third-order valence-electron chi connectivity index (χ3n) is 3.31. The number of rotatable bonds is 4. The highest BCUT2D eigenvalue weighted by atomic mass is 16.5. The zero-order valence-electron chi connectivity index (χ0n) is 12.7. The van der Waals surface area contributed by atoms with Gasteiger partial charge in [0.1, 0.15) is 12.4 Å². The first-order chi connectivity index (χ1) is 11.0. The van der Waals surface area contributed by atoms with Crippen LogP contribution in [-0.4, -0.2) is 56.7 Å². The highest BCUT2D eigenvalue weighted by Crippen LogP contribution is 2.25. The van der Waals surface area contributed by atoms with Gasteiger partial charge in [-0.25, -0.2) is 9.59 Å². The molecule has 1 aliphatic rings. The van der Waals surface area contributed by atoms with Gasteiger partial charge in [0.15, 0.2) is 0 Å². The second-order valence-electron chi connectivity index (χ2n) is 4.68. The van der Waals surface area contributed by atoms with Crippen LogP contribution in [-0.2, 0) is 23.8 Å². The summed E-state index contributed by atoms with van der Waals surface area (Å²) in [5.41, 5.74) is 0.699. The maximum Gasteiger partial charge on any atom is 0.488 e. The van der Waals surface area contributed by atoms with Crippen molar-refractivity contribution < 1.29 is 33.8 Å². The highest BCUT2D eigenvalue weighted by Gasteiger charge is 2.32. The summed E-state index contributed by atoms with van der Waals surface area (Å²) in [6, 6.07) is 6.21. The fourth-order valence-corrected chi connectivity index (χ4v) is 2.20. The van der Waals surface area contributed by atoms with Gasteiger partial charge in [-0.15, -0.1) is 0 Å². The van der Waals surface area contributed by atoms with Gasteiger partial charge < -0.3 is 29.2 Å². The first-order valence-electron chi connectivity index (χ1n) is 6.70. The highest BCUT2D eigenvalue weighted by molar-refractivity contribution is 6.58. The number of carbonyl (C=O) groups is 2. The molecule has 0 radical (unpaired) electrons. The standard InChI is InChI=1S/C14H16BNO7/c1-21-13(17)11-7-23-8-16(12(11)14(18)22-2)10-5-3-4-9(6-10)15(19)20/h3-6,19-20H,7-8H2,1-2H3. The van der Waals surface area contributed by atoms with Crippen LogP contribution in [0.2, 0.25) is 0 Å². The Morgan fingerprint density at radius 3 is 2.52 bits per heavy atom. The van der Waals surface area contributed by atoms with Gasteiger partial charge in [0, 0.05) is 5.69 Å². The average Bonchev–Trinajstić information content (AvgIpc) is 2.59. The van der Waals surface area contributed by atoms with Crippen molar-refractivity contribution in [2.24, 2.45) is 0 Å². The molecule has 122 valence electrons. The normalized spacial score (nSPS) is 14.5. The molecule has 2 rings (SSSR count). The van der Waals surface area contributed by atoms with Gasteiger partial charge in [-0.05, 0) is 17.6 Å². The smallest absolute Gasteiger partial charge is 0.466 e. The molecule has 0 aromatic heterocycles. The molecular weight excluding hydrogens is 305 g/mol. The molecular formula is C14H16BNO7. The van der Waals surface area contributed by atoms with Crippen LogP contribution in [0.25, 0.3) is 0 Å². The number of ether oxygens (including phenoxy) is 3. The molecule has 1 heterocycles. The Morgan fingerprint density at radius 2 is 1.91 bits per heavy atom. The zero-order valence-corrected chi connectivity index (χ0v) is 12.7. The topological polar surface area (TPSA) is 106 Å². The molecule has 0 amide bonds. The van der Waals surface area contributed by atoms with Gasteiger partial charge in [-0.1, -0.05) is 12.1 Å². The van der Waals surface area contributed by atoms with Crippen molar-refractivity contribution in [3.63, 3.8) is 0 Å². The lowest BCUT2D eigenvalue weighted by atomic mass is 9.80. The Bertz CT molecular complexity index is 644. The minimum Gasteiger partial charge on any atom is -0.466 e. The fourth-order valence-electron chi connectivity index (χ4n) is 2.20. The minimum atomic E-state index is -1.66. The third kappa shape index (κ3) is 3.53.